The molecule has 5 nitrogen and oxygen atoms in total. The second kappa shape index (κ2) is 5.67. The van der Waals surface area contributed by atoms with E-state index in [0.29, 0.717) is 16.8 Å². The number of halogens is 1. The van der Waals surface area contributed by atoms with E-state index in [9.17, 15) is 4.79 Å². The summed E-state index contributed by atoms with van der Waals surface area (Å²) in [4.78, 5) is 19.5. The van der Waals surface area contributed by atoms with Gasteiger partial charge in [-0.15, -0.1) is 0 Å². The predicted molar refractivity (Wildman–Crippen MR) is 74.8 cm³/mol. The first-order valence-corrected chi connectivity index (χ1v) is 6.10. The summed E-state index contributed by atoms with van der Waals surface area (Å²) < 4.78 is 0. The van der Waals surface area contributed by atoms with Gasteiger partial charge in [0.05, 0.1) is 0 Å². The Labute approximate surface area is 115 Å². The summed E-state index contributed by atoms with van der Waals surface area (Å²) >= 11 is 5.96. The molecule has 2 rings (SSSR count). The van der Waals surface area contributed by atoms with E-state index in [0.717, 1.165) is 5.56 Å². The van der Waals surface area contributed by atoms with Crippen molar-refractivity contribution in [3.8, 4) is 11.4 Å². The molecule has 0 aliphatic carbocycles. The first-order valence-electron chi connectivity index (χ1n) is 5.72. The summed E-state index contributed by atoms with van der Waals surface area (Å²) in [6.07, 6.45) is 0. The van der Waals surface area contributed by atoms with Gasteiger partial charge in [-0.1, -0.05) is 41.9 Å². The number of anilines is 1. The predicted octanol–water partition coefficient (Wildman–Crippen LogP) is 2.08. The third-order valence-electron chi connectivity index (χ3n) is 2.52. The number of hydrogen-bond acceptors (Lipinski definition) is 4. The van der Waals surface area contributed by atoms with Crippen molar-refractivity contribution in [2.45, 2.75) is 13.0 Å². The van der Waals surface area contributed by atoms with Gasteiger partial charge in [-0.25, -0.2) is 9.97 Å². The molecule has 1 aromatic heterocycles. The van der Waals surface area contributed by atoms with Gasteiger partial charge in [0.15, 0.2) is 5.82 Å². The van der Waals surface area contributed by atoms with E-state index in [2.05, 4.69) is 15.3 Å². The molecule has 0 aliphatic heterocycles. The van der Waals surface area contributed by atoms with Crippen LogP contribution >= 0.6 is 11.6 Å². The Morgan fingerprint density at radius 2 is 2.00 bits per heavy atom. The molecule has 6 heteroatoms. The fourth-order valence-electron chi connectivity index (χ4n) is 1.50. The standard InChI is InChI=1S/C13H13ClN4O/c1-8(12(15)19)16-11-7-10(14)17-13(18-11)9-5-3-2-4-6-9/h2-8H,1H3,(H2,15,19)(H,16,17,18). The van der Waals surface area contributed by atoms with Crippen LogP contribution in [0.2, 0.25) is 5.15 Å². The number of primary amides is 1. The average molecular weight is 277 g/mol. The summed E-state index contributed by atoms with van der Waals surface area (Å²) in [5, 5.41) is 3.18. The van der Waals surface area contributed by atoms with Gasteiger partial charge in [-0.2, -0.15) is 0 Å². The summed E-state index contributed by atoms with van der Waals surface area (Å²) in [6.45, 7) is 1.65. The summed E-state index contributed by atoms with van der Waals surface area (Å²) in [6, 6.07) is 10.5. The van der Waals surface area contributed by atoms with Gasteiger partial charge in [0.25, 0.3) is 0 Å². The SMILES string of the molecule is CC(Nc1cc(Cl)nc(-c2ccccc2)n1)C(N)=O. The van der Waals surface area contributed by atoms with E-state index < -0.39 is 11.9 Å². The molecule has 0 fully saturated rings. The number of aromatic nitrogens is 2. The van der Waals surface area contributed by atoms with Crippen molar-refractivity contribution in [2.24, 2.45) is 5.73 Å². The molecule has 1 heterocycles. The van der Waals surface area contributed by atoms with Gasteiger partial charge in [-0.05, 0) is 6.92 Å². The van der Waals surface area contributed by atoms with Crippen molar-refractivity contribution in [1.82, 2.24) is 9.97 Å². The molecule has 98 valence electrons. The Hall–Kier alpha value is -2.14. The van der Waals surface area contributed by atoms with Gasteiger partial charge < -0.3 is 11.1 Å². The molecule has 0 saturated carbocycles. The van der Waals surface area contributed by atoms with Gasteiger partial charge in [0.1, 0.15) is 17.0 Å². The van der Waals surface area contributed by atoms with Crippen LogP contribution in [0.5, 0.6) is 0 Å². The van der Waals surface area contributed by atoms with Gasteiger partial charge in [-0.3, -0.25) is 4.79 Å². The number of carbonyl (C=O) groups excluding carboxylic acids is 1. The molecule has 1 unspecified atom stereocenters. The van der Waals surface area contributed by atoms with Gasteiger partial charge >= 0.3 is 0 Å². The van der Waals surface area contributed by atoms with Crippen molar-refractivity contribution in [3.05, 3.63) is 41.6 Å². The lowest BCUT2D eigenvalue weighted by Gasteiger charge is -2.11. The average Bonchev–Trinajstić information content (AvgIpc) is 2.39. The van der Waals surface area contributed by atoms with Crippen LogP contribution in [-0.4, -0.2) is 21.9 Å². The monoisotopic (exact) mass is 276 g/mol. The zero-order valence-corrected chi connectivity index (χ0v) is 11.1. The van der Waals surface area contributed by atoms with E-state index in [1.807, 2.05) is 30.3 Å². The lowest BCUT2D eigenvalue weighted by Crippen LogP contribution is -2.32. The fourth-order valence-corrected chi connectivity index (χ4v) is 1.68. The van der Waals surface area contributed by atoms with Crippen LogP contribution in [0, 0.1) is 0 Å². The Morgan fingerprint density at radius 3 is 2.63 bits per heavy atom. The maximum absolute atomic E-state index is 11.0. The number of rotatable bonds is 4. The molecule has 1 atom stereocenters. The minimum Gasteiger partial charge on any atom is -0.368 e. The minimum absolute atomic E-state index is 0.299. The highest BCUT2D eigenvalue weighted by molar-refractivity contribution is 6.29. The minimum atomic E-state index is -0.533. The second-order valence-electron chi connectivity index (χ2n) is 4.03. The van der Waals surface area contributed by atoms with Crippen LogP contribution in [0.4, 0.5) is 5.82 Å². The van der Waals surface area contributed by atoms with Crippen LogP contribution in [0.15, 0.2) is 36.4 Å². The lowest BCUT2D eigenvalue weighted by atomic mass is 10.2. The van der Waals surface area contributed by atoms with Crippen molar-refractivity contribution in [3.63, 3.8) is 0 Å². The Balaban J connectivity index is 2.32. The molecule has 2 aromatic rings. The van der Waals surface area contributed by atoms with Crippen LogP contribution in [0.1, 0.15) is 6.92 Å². The van der Waals surface area contributed by atoms with Crippen LogP contribution in [-0.2, 0) is 4.79 Å². The molecule has 0 radical (unpaired) electrons. The number of nitrogens with zero attached hydrogens (tertiary/aromatic N) is 2. The Bertz CT molecular complexity index is 588. The van der Waals surface area contributed by atoms with Crippen molar-refractivity contribution in [1.29, 1.82) is 0 Å². The quantitative estimate of drug-likeness (QED) is 0.838. The highest BCUT2D eigenvalue weighted by Gasteiger charge is 2.11. The molecular weight excluding hydrogens is 264 g/mol. The Morgan fingerprint density at radius 1 is 1.32 bits per heavy atom. The second-order valence-corrected chi connectivity index (χ2v) is 4.42. The maximum atomic E-state index is 11.0. The molecule has 0 spiro atoms. The smallest absolute Gasteiger partial charge is 0.239 e. The zero-order chi connectivity index (χ0) is 13.8. The van der Waals surface area contributed by atoms with Crippen molar-refractivity contribution < 1.29 is 4.79 Å². The Kier molecular flexibility index (Phi) is 3.97. The number of nitrogens with one attached hydrogen (secondary N) is 1. The van der Waals surface area contributed by atoms with Crippen molar-refractivity contribution in [2.75, 3.05) is 5.32 Å². The molecule has 1 aromatic carbocycles. The fraction of sp³-hybridized carbons (Fsp3) is 0.154. The number of carbonyl (C=O) groups is 1. The van der Waals surface area contributed by atoms with E-state index >= 15 is 0 Å². The number of hydrogen-bond donors (Lipinski definition) is 2. The van der Waals surface area contributed by atoms with Gasteiger partial charge in [0.2, 0.25) is 5.91 Å². The molecule has 3 N–H and O–H groups in total. The summed E-state index contributed by atoms with van der Waals surface area (Å²) in [7, 11) is 0. The third-order valence-corrected chi connectivity index (χ3v) is 2.71. The van der Waals surface area contributed by atoms with Crippen LogP contribution in [0.25, 0.3) is 11.4 Å². The zero-order valence-electron chi connectivity index (χ0n) is 10.3. The highest BCUT2D eigenvalue weighted by atomic mass is 35.5. The number of amides is 1. The molecule has 0 aliphatic rings. The summed E-state index contributed by atoms with van der Waals surface area (Å²) in [5.41, 5.74) is 6.04. The van der Waals surface area contributed by atoms with E-state index in [4.69, 9.17) is 17.3 Å². The first-order chi connectivity index (χ1) is 9.06. The van der Waals surface area contributed by atoms with Crippen LogP contribution in [0.3, 0.4) is 0 Å². The largest absolute Gasteiger partial charge is 0.368 e. The van der Waals surface area contributed by atoms with E-state index in [-0.39, 0.29) is 0 Å². The summed E-state index contributed by atoms with van der Waals surface area (Å²) in [5.74, 6) is 0.494. The molecule has 0 saturated heterocycles. The number of nitrogens with two attached hydrogens (primary N) is 1. The molecular formula is C13H13ClN4O. The normalized spacial score (nSPS) is 11.9. The first kappa shape index (κ1) is 13.3. The molecule has 19 heavy (non-hydrogen) atoms. The molecule has 1 amide bonds. The highest BCUT2D eigenvalue weighted by Crippen LogP contribution is 2.20. The van der Waals surface area contributed by atoms with Crippen molar-refractivity contribution >= 4 is 23.3 Å². The number of benzene rings is 1. The molecule has 0 bridgehead atoms. The van der Waals surface area contributed by atoms with E-state index in [1.54, 1.807) is 13.0 Å². The lowest BCUT2D eigenvalue weighted by molar-refractivity contribution is -0.118. The maximum Gasteiger partial charge on any atom is 0.239 e. The van der Waals surface area contributed by atoms with Gasteiger partial charge in [0, 0.05) is 11.6 Å². The van der Waals surface area contributed by atoms with E-state index in [1.165, 1.54) is 0 Å². The topological polar surface area (TPSA) is 80.9 Å². The van der Waals surface area contributed by atoms with Crippen LogP contribution < -0.4 is 11.1 Å². The third kappa shape index (κ3) is 3.42.